The molecule has 0 saturated heterocycles. The maximum atomic E-state index is 6.46. The zero-order valence-corrected chi connectivity index (χ0v) is 44.6. The highest BCUT2D eigenvalue weighted by Gasteiger charge is 2.20. The van der Waals surface area contributed by atoms with E-state index in [1.807, 2.05) is 42.5 Å². The number of methoxy groups -OCH3 is 4. The number of thiophene rings is 2. The molecule has 0 amide bonds. The van der Waals surface area contributed by atoms with Gasteiger partial charge in [-0.3, -0.25) is 0 Å². The molecular weight excluding hydrogens is 999 g/mol. The third-order valence-corrected chi connectivity index (χ3v) is 15.4. The van der Waals surface area contributed by atoms with Crippen LogP contribution in [0.4, 0.5) is 56.0 Å². The van der Waals surface area contributed by atoms with Crippen molar-refractivity contribution in [1.82, 2.24) is 23.7 Å². The predicted molar refractivity (Wildman–Crippen MR) is 296 cm³/mol. The summed E-state index contributed by atoms with van der Waals surface area (Å²) >= 11 is 15.6. The van der Waals surface area contributed by atoms with Crippen LogP contribution in [0.15, 0.2) is 68.2 Å². The molecule has 5 aromatic heterocycles. The van der Waals surface area contributed by atoms with Gasteiger partial charge in [-0.25, -0.2) is 0 Å². The van der Waals surface area contributed by atoms with E-state index in [-0.39, 0.29) is 0 Å². The van der Waals surface area contributed by atoms with Crippen molar-refractivity contribution >= 4 is 159 Å². The number of benzene rings is 3. The molecule has 0 aliphatic heterocycles. The van der Waals surface area contributed by atoms with Crippen LogP contribution in [0.5, 0.6) is 23.0 Å². The summed E-state index contributed by atoms with van der Waals surface area (Å²) in [7, 11) is 6.51. The van der Waals surface area contributed by atoms with Crippen molar-refractivity contribution in [2.75, 3.05) is 98.0 Å². The first kappa shape index (κ1) is 51.9. The molecule has 5 heterocycles. The highest BCUT2D eigenvalue weighted by Crippen LogP contribution is 2.45. The molecule has 0 radical (unpaired) electrons. The van der Waals surface area contributed by atoms with Crippen molar-refractivity contribution in [1.29, 1.82) is 0 Å². The quantitative estimate of drug-likeness (QED) is 0.0240. The Kier molecular flexibility index (Phi) is 18.4. The number of hydrogen-bond acceptors (Lipinski definition) is 24. The molecule has 10 N–H and O–H groups in total. The molecule has 0 unspecified atom stereocenters. The average Bonchev–Trinajstić information content (AvgIpc) is 4.08. The first-order valence-corrected chi connectivity index (χ1v) is 26.1. The summed E-state index contributed by atoms with van der Waals surface area (Å²) in [5, 5.41) is 10.4. The highest BCUT2D eigenvalue weighted by atomic mass is 32.2. The number of fused-ring (bicyclic) bond motifs is 2. The van der Waals surface area contributed by atoms with E-state index in [0.717, 1.165) is 83.5 Å². The van der Waals surface area contributed by atoms with Crippen LogP contribution >= 0.6 is 82.8 Å². The fourth-order valence-electron chi connectivity index (χ4n) is 6.83. The van der Waals surface area contributed by atoms with E-state index in [2.05, 4.69) is 94.3 Å². The number of nitrogen functional groups attached to an aromatic ring is 4. The topological polar surface area (TPSA) is 236 Å². The van der Waals surface area contributed by atoms with Gasteiger partial charge in [-0.05, 0) is 68.5 Å². The predicted octanol–water partition coefficient (Wildman–Crippen LogP) is 11.0. The second-order valence-corrected chi connectivity index (χ2v) is 20.2. The minimum Gasteiger partial charge on any atom is -0.495 e. The summed E-state index contributed by atoms with van der Waals surface area (Å²) in [6.07, 6.45) is 0. The van der Waals surface area contributed by atoms with Crippen LogP contribution in [-0.4, -0.2) is 78.3 Å². The van der Waals surface area contributed by atoms with Crippen LogP contribution in [0.2, 0.25) is 0 Å². The molecule has 0 saturated carbocycles. The molecule has 362 valence electrons. The van der Waals surface area contributed by atoms with Crippen molar-refractivity contribution in [3.63, 3.8) is 0 Å². The molecule has 8 rings (SSSR count). The minimum absolute atomic E-state index is 0.344. The normalized spacial score (nSPS) is 10.8. The summed E-state index contributed by atoms with van der Waals surface area (Å²) in [5.41, 5.74) is 29.7. The Bertz CT molecular complexity index is 2750. The van der Waals surface area contributed by atoms with E-state index in [0.29, 0.717) is 67.1 Å². The molecule has 0 fully saturated rings. The van der Waals surface area contributed by atoms with Crippen LogP contribution in [-0.2, 0) is 5.75 Å². The Morgan fingerprint density at radius 3 is 1.41 bits per heavy atom. The number of nitrogens with two attached hydrogens (primary N) is 4. The van der Waals surface area contributed by atoms with Gasteiger partial charge in [0.2, 0.25) is 11.9 Å². The third-order valence-electron chi connectivity index (χ3n) is 10.2. The maximum Gasteiger partial charge on any atom is 0.233 e. The molecule has 8 aromatic rings. The van der Waals surface area contributed by atoms with Crippen LogP contribution in [0.25, 0.3) is 20.4 Å². The smallest absolute Gasteiger partial charge is 0.233 e. The molecule has 0 bridgehead atoms. The first-order valence-electron chi connectivity index (χ1n) is 21.0. The lowest BCUT2D eigenvalue weighted by Crippen LogP contribution is -2.22. The van der Waals surface area contributed by atoms with Gasteiger partial charge in [-0.1, -0.05) is 42.1 Å². The van der Waals surface area contributed by atoms with Crippen molar-refractivity contribution in [2.45, 2.75) is 47.0 Å². The number of aromatic nitrogens is 5. The number of nitrogens with one attached hydrogen (secondary N) is 2. The zero-order valence-electron chi connectivity index (χ0n) is 38.7. The average molecular weight is 1050 g/mol. The second kappa shape index (κ2) is 24.2. The van der Waals surface area contributed by atoms with Crippen LogP contribution < -0.4 is 62.3 Å². The number of anilines is 10. The summed E-state index contributed by atoms with van der Waals surface area (Å²) in [6.45, 7) is 11.7. The van der Waals surface area contributed by atoms with Crippen molar-refractivity contribution in [2.24, 2.45) is 0 Å². The van der Waals surface area contributed by atoms with Gasteiger partial charge in [-0.2, -0.15) is 23.7 Å². The van der Waals surface area contributed by atoms with Gasteiger partial charge in [0.15, 0.2) is 16.7 Å². The third kappa shape index (κ3) is 12.0. The molecule has 0 atom stereocenters. The molecule has 24 heteroatoms. The number of thiol groups is 2. The number of hydrogen-bond donors (Lipinski definition) is 8. The Hall–Kier alpha value is -5.50. The first-order chi connectivity index (χ1) is 32.8. The Morgan fingerprint density at radius 1 is 0.603 bits per heavy atom. The Morgan fingerprint density at radius 2 is 1.03 bits per heavy atom. The van der Waals surface area contributed by atoms with Gasteiger partial charge in [0.25, 0.3) is 0 Å². The van der Waals surface area contributed by atoms with Crippen LogP contribution in [0, 0.1) is 0 Å². The summed E-state index contributed by atoms with van der Waals surface area (Å²) in [5.74, 6) is 4.26. The monoisotopic (exact) mass is 1050 g/mol. The van der Waals surface area contributed by atoms with Crippen LogP contribution in [0.3, 0.4) is 0 Å². The number of rotatable bonds is 17. The maximum absolute atomic E-state index is 6.46. The van der Waals surface area contributed by atoms with Crippen molar-refractivity contribution in [3.8, 4) is 23.0 Å². The largest absolute Gasteiger partial charge is 0.495 e. The van der Waals surface area contributed by atoms with Crippen molar-refractivity contribution < 1.29 is 18.9 Å². The molecule has 0 aliphatic carbocycles. The lowest BCUT2D eigenvalue weighted by Gasteiger charge is -2.25. The van der Waals surface area contributed by atoms with Gasteiger partial charge in [-0.15, -0.1) is 47.9 Å². The fourth-order valence-corrected chi connectivity index (χ4v) is 11.8. The van der Waals surface area contributed by atoms with Gasteiger partial charge in [0.1, 0.15) is 39.6 Å². The van der Waals surface area contributed by atoms with E-state index in [1.54, 1.807) is 28.4 Å². The number of nitrogens with zero attached hydrogens (tertiary/aromatic N) is 7. The van der Waals surface area contributed by atoms with E-state index in [4.69, 9.17) is 56.8 Å². The van der Waals surface area contributed by atoms with Crippen LogP contribution in [0.1, 0.15) is 33.3 Å². The van der Waals surface area contributed by atoms with Gasteiger partial charge in [0.05, 0.1) is 73.3 Å². The fraction of sp³-hybridized carbons (Fsp3) is 0.295. The molecule has 17 nitrogen and oxygen atoms in total. The SMILES string of the molecule is CCN(CC)c1cc(Nc2nc(Nc3cc(N(CC)CC)c(OC)cc3N)nc(SCc3ccccc3)n2)c(N)cc1OC.COc1c(S)sc2nsc(N)c12.COc1c(S)sc2nsc(N)c12. The Labute approximate surface area is 427 Å². The molecule has 3 aromatic carbocycles. The zero-order chi connectivity index (χ0) is 49.1. The second-order valence-electron chi connectivity index (χ2n) is 14.2. The van der Waals surface area contributed by atoms with Crippen molar-refractivity contribution in [3.05, 3.63) is 60.2 Å². The molecule has 0 spiro atoms. The standard InChI is InChI=1S/C32H43N9O2S.2C6H6N2OS3/c1-7-40(8-2)26-18-24(22(33)16-28(26)42-5)35-30-37-31(39-32(38-30)44-20-21-14-12-11-13-15-21)36-25-19-27(41(9-3)10-4)29(43-6)17-23(25)34;2*1-9-3-2-4(7)12-8-5(2)11-6(3)10/h11-19H,7-10,20,33-34H2,1-6H3,(H2,35,36,37,38,39);2*10H,7H2,1H3. The van der Waals surface area contributed by atoms with Gasteiger partial charge in [0, 0.05) is 44.1 Å². The minimum atomic E-state index is 0.344. The van der Waals surface area contributed by atoms with E-state index >= 15 is 0 Å². The molecular formula is C44H55N13O4S7. The molecule has 68 heavy (non-hydrogen) atoms. The Balaban J connectivity index is 0.000000253. The lowest BCUT2D eigenvalue weighted by atomic mass is 10.2. The van der Waals surface area contributed by atoms with E-state index in [1.165, 1.54) is 57.5 Å². The number of thioether (sulfide) groups is 1. The highest BCUT2D eigenvalue weighted by molar-refractivity contribution is 7.98. The summed E-state index contributed by atoms with van der Waals surface area (Å²) in [4.78, 5) is 20.4. The number of ether oxygens (including phenoxy) is 4. The van der Waals surface area contributed by atoms with E-state index < -0.39 is 0 Å². The summed E-state index contributed by atoms with van der Waals surface area (Å²) < 4.78 is 31.6. The lowest BCUT2D eigenvalue weighted by molar-refractivity contribution is 0.413. The van der Waals surface area contributed by atoms with Gasteiger partial charge < -0.3 is 62.3 Å². The van der Waals surface area contributed by atoms with Gasteiger partial charge >= 0.3 is 0 Å². The van der Waals surface area contributed by atoms with E-state index in [9.17, 15) is 0 Å². The molecule has 0 aliphatic rings. The summed E-state index contributed by atoms with van der Waals surface area (Å²) in [6, 6.07) is 17.7.